The van der Waals surface area contributed by atoms with Crippen molar-refractivity contribution in [2.75, 3.05) is 6.61 Å². The SMILES string of the molecule is BCCOC(=O)C(=C)C. The summed E-state index contributed by atoms with van der Waals surface area (Å²) in [5.41, 5.74) is 0.462. The van der Waals surface area contributed by atoms with Crippen LogP contribution in [0.25, 0.3) is 0 Å². The minimum absolute atomic E-state index is 0.295. The Hall–Kier alpha value is -0.725. The Balaban J connectivity index is 3.39. The summed E-state index contributed by atoms with van der Waals surface area (Å²) in [4.78, 5) is 10.6. The molecule has 0 aliphatic carbocycles. The summed E-state index contributed by atoms with van der Waals surface area (Å²) in [5.74, 6) is -0.295. The Morgan fingerprint density at radius 2 is 2.33 bits per heavy atom. The summed E-state index contributed by atoms with van der Waals surface area (Å²) in [6.07, 6.45) is 0.860. The third-order valence-corrected chi connectivity index (χ3v) is 0.786. The van der Waals surface area contributed by atoms with E-state index in [-0.39, 0.29) is 5.97 Å². The van der Waals surface area contributed by atoms with E-state index >= 15 is 0 Å². The van der Waals surface area contributed by atoms with Gasteiger partial charge in [-0.25, -0.2) is 4.79 Å². The lowest BCUT2D eigenvalue weighted by molar-refractivity contribution is -0.138. The van der Waals surface area contributed by atoms with E-state index in [4.69, 9.17) is 4.74 Å². The normalized spacial score (nSPS) is 8.56. The molecule has 0 radical (unpaired) electrons. The number of carbonyl (C=O) groups is 1. The molecule has 0 saturated heterocycles. The predicted molar refractivity (Wildman–Crippen MR) is 39.1 cm³/mol. The molecule has 0 unspecified atom stereocenters. The average Bonchev–Trinajstić information content (AvgIpc) is 1.82. The van der Waals surface area contributed by atoms with E-state index in [1.165, 1.54) is 0 Å². The van der Waals surface area contributed by atoms with Gasteiger partial charge in [-0.1, -0.05) is 6.58 Å². The lowest BCUT2D eigenvalue weighted by Gasteiger charge is -1.99. The zero-order valence-corrected chi connectivity index (χ0v) is 5.94. The van der Waals surface area contributed by atoms with Gasteiger partial charge in [-0.2, -0.15) is 0 Å². The van der Waals surface area contributed by atoms with Crippen molar-refractivity contribution in [1.29, 1.82) is 0 Å². The van der Waals surface area contributed by atoms with Crippen molar-refractivity contribution >= 4 is 13.8 Å². The van der Waals surface area contributed by atoms with E-state index in [0.717, 1.165) is 6.32 Å². The van der Waals surface area contributed by atoms with Crippen LogP contribution in [0.5, 0.6) is 0 Å². The van der Waals surface area contributed by atoms with Crippen LogP contribution in [0.2, 0.25) is 6.32 Å². The quantitative estimate of drug-likeness (QED) is 0.305. The predicted octanol–water partition coefficient (Wildman–Crippen LogP) is 0.157. The first kappa shape index (κ1) is 8.27. The topological polar surface area (TPSA) is 26.3 Å². The van der Waals surface area contributed by atoms with E-state index in [1.807, 2.05) is 7.85 Å². The molecule has 0 aliphatic heterocycles. The van der Waals surface area contributed by atoms with Crippen LogP contribution in [0, 0.1) is 0 Å². The highest BCUT2D eigenvalue weighted by atomic mass is 16.5. The van der Waals surface area contributed by atoms with Crippen molar-refractivity contribution < 1.29 is 9.53 Å². The van der Waals surface area contributed by atoms with Crippen LogP contribution in [-0.2, 0) is 9.53 Å². The molecule has 0 aromatic rings. The van der Waals surface area contributed by atoms with E-state index in [0.29, 0.717) is 12.2 Å². The first-order valence-electron chi connectivity index (χ1n) is 3.01. The van der Waals surface area contributed by atoms with Crippen molar-refractivity contribution in [3.8, 4) is 0 Å². The smallest absolute Gasteiger partial charge is 0.333 e. The number of esters is 1. The first-order chi connectivity index (χ1) is 4.18. The fraction of sp³-hybridized carbons (Fsp3) is 0.500. The van der Waals surface area contributed by atoms with Gasteiger partial charge in [-0.05, 0) is 13.2 Å². The van der Waals surface area contributed by atoms with Gasteiger partial charge in [0.25, 0.3) is 0 Å². The highest BCUT2D eigenvalue weighted by molar-refractivity contribution is 6.08. The van der Waals surface area contributed by atoms with Crippen LogP contribution >= 0.6 is 0 Å². The van der Waals surface area contributed by atoms with Gasteiger partial charge in [0, 0.05) is 5.57 Å². The van der Waals surface area contributed by atoms with Gasteiger partial charge in [0.05, 0.1) is 6.61 Å². The molecule has 0 rings (SSSR count). The van der Waals surface area contributed by atoms with Crippen molar-refractivity contribution in [3.63, 3.8) is 0 Å². The van der Waals surface area contributed by atoms with E-state index < -0.39 is 0 Å². The Morgan fingerprint density at radius 3 is 2.67 bits per heavy atom. The number of rotatable bonds is 3. The summed E-state index contributed by atoms with van der Waals surface area (Å²) < 4.78 is 4.71. The Bertz CT molecular complexity index is 120. The van der Waals surface area contributed by atoms with Crippen LogP contribution in [0.4, 0.5) is 0 Å². The zero-order chi connectivity index (χ0) is 7.28. The van der Waals surface area contributed by atoms with Gasteiger partial charge in [0.15, 0.2) is 0 Å². The van der Waals surface area contributed by atoms with Crippen LogP contribution < -0.4 is 0 Å². The van der Waals surface area contributed by atoms with Gasteiger partial charge in [0.1, 0.15) is 7.85 Å². The molecule has 0 aliphatic rings. The summed E-state index contributed by atoms with van der Waals surface area (Å²) in [6.45, 7) is 5.56. The Labute approximate surface area is 56.3 Å². The molecular formula is C6H11BO2. The monoisotopic (exact) mass is 126 g/mol. The summed E-state index contributed by atoms with van der Waals surface area (Å²) >= 11 is 0. The third-order valence-electron chi connectivity index (χ3n) is 0.786. The van der Waals surface area contributed by atoms with Gasteiger partial charge in [0.2, 0.25) is 0 Å². The van der Waals surface area contributed by atoms with Crippen LogP contribution in [0.1, 0.15) is 6.92 Å². The molecule has 0 aromatic carbocycles. The molecule has 0 saturated carbocycles. The molecule has 0 atom stereocenters. The largest absolute Gasteiger partial charge is 0.463 e. The highest BCUT2D eigenvalue weighted by Crippen LogP contribution is 1.91. The molecule has 0 fully saturated rings. The second-order valence-electron chi connectivity index (χ2n) is 1.92. The fourth-order valence-corrected chi connectivity index (χ4v) is 0.318. The fourth-order valence-electron chi connectivity index (χ4n) is 0.318. The van der Waals surface area contributed by atoms with E-state index in [2.05, 4.69) is 6.58 Å². The second kappa shape index (κ2) is 4.18. The molecule has 2 nitrogen and oxygen atoms in total. The van der Waals surface area contributed by atoms with Crippen molar-refractivity contribution in [3.05, 3.63) is 12.2 Å². The molecule has 50 valence electrons. The van der Waals surface area contributed by atoms with Crippen molar-refractivity contribution in [2.24, 2.45) is 0 Å². The van der Waals surface area contributed by atoms with Crippen LogP contribution in [-0.4, -0.2) is 20.4 Å². The highest BCUT2D eigenvalue weighted by Gasteiger charge is 1.99. The molecule has 0 bridgehead atoms. The molecule has 0 spiro atoms. The van der Waals surface area contributed by atoms with Gasteiger partial charge in [-0.3, -0.25) is 0 Å². The summed E-state index contributed by atoms with van der Waals surface area (Å²) in [6, 6.07) is 0. The van der Waals surface area contributed by atoms with Crippen molar-refractivity contribution in [1.82, 2.24) is 0 Å². The maximum Gasteiger partial charge on any atom is 0.333 e. The lowest BCUT2D eigenvalue weighted by Crippen LogP contribution is -2.05. The number of carbonyl (C=O) groups excluding carboxylic acids is 1. The van der Waals surface area contributed by atoms with Gasteiger partial charge >= 0.3 is 5.97 Å². The molecule has 0 N–H and O–H groups in total. The number of hydrogen-bond donors (Lipinski definition) is 0. The second-order valence-corrected chi connectivity index (χ2v) is 1.92. The molecular weight excluding hydrogens is 115 g/mol. The van der Waals surface area contributed by atoms with E-state index in [1.54, 1.807) is 6.92 Å². The average molecular weight is 126 g/mol. The molecule has 0 aromatic heterocycles. The third kappa shape index (κ3) is 3.82. The van der Waals surface area contributed by atoms with E-state index in [9.17, 15) is 4.79 Å². The van der Waals surface area contributed by atoms with Crippen LogP contribution in [0.15, 0.2) is 12.2 Å². The minimum atomic E-state index is -0.295. The Kier molecular flexibility index (Phi) is 3.85. The van der Waals surface area contributed by atoms with Crippen LogP contribution in [0.3, 0.4) is 0 Å². The molecule has 0 heterocycles. The van der Waals surface area contributed by atoms with Gasteiger partial charge in [-0.15, -0.1) is 0 Å². The molecule has 0 amide bonds. The first-order valence-corrected chi connectivity index (χ1v) is 3.01. The standard InChI is InChI=1S/C6H11BO2/c1-5(2)6(8)9-4-3-7/h1,3-4,7H2,2H3. The maximum atomic E-state index is 10.6. The van der Waals surface area contributed by atoms with Crippen molar-refractivity contribution in [2.45, 2.75) is 13.2 Å². The number of hydrogen-bond acceptors (Lipinski definition) is 2. The van der Waals surface area contributed by atoms with Gasteiger partial charge < -0.3 is 4.74 Å². The maximum absolute atomic E-state index is 10.6. The zero-order valence-electron chi connectivity index (χ0n) is 5.94. The minimum Gasteiger partial charge on any atom is -0.463 e. The summed E-state index contributed by atoms with van der Waals surface area (Å²) in [5, 5.41) is 0. The summed E-state index contributed by atoms with van der Waals surface area (Å²) in [7, 11) is 1.95. The lowest BCUT2D eigenvalue weighted by atomic mass is 10.1. The molecule has 3 heteroatoms. The Morgan fingerprint density at radius 1 is 1.78 bits per heavy atom. The molecule has 9 heavy (non-hydrogen) atoms. The number of ether oxygens (including phenoxy) is 1.